The van der Waals surface area contributed by atoms with Crippen LogP contribution >= 0.6 is 0 Å². The van der Waals surface area contributed by atoms with Gasteiger partial charge in [-0.05, 0) is 42.8 Å². The monoisotopic (exact) mass is 354 g/mol. The molecule has 0 radical (unpaired) electrons. The molecule has 2 aromatic carbocycles. The van der Waals surface area contributed by atoms with E-state index in [2.05, 4.69) is 0 Å². The number of benzene rings is 2. The first-order valence-electron chi connectivity index (χ1n) is 6.96. The number of nitrogens with zero attached hydrogens (tertiary/aromatic N) is 1. The zero-order valence-corrected chi connectivity index (χ0v) is 13.8. The first-order valence-corrected chi connectivity index (χ1v) is 8.51. The van der Waals surface area contributed by atoms with Gasteiger partial charge in [-0.25, -0.2) is 22.3 Å². The molecule has 2 N–H and O–H groups in total. The first-order chi connectivity index (χ1) is 11.1. The van der Waals surface area contributed by atoms with E-state index in [9.17, 15) is 22.0 Å². The first kappa shape index (κ1) is 18.0. The summed E-state index contributed by atoms with van der Waals surface area (Å²) >= 11 is 0. The van der Waals surface area contributed by atoms with Crippen molar-refractivity contribution in [1.82, 2.24) is 4.90 Å². The number of primary sulfonamides is 1. The highest BCUT2D eigenvalue weighted by atomic mass is 32.2. The Labute approximate surface area is 138 Å². The summed E-state index contributed by atoms with van der Waals surface area (Å²) in [6.45, 7) is 1.73. The predicted molar refractivity (Wildman–Crippen MR) is 84.7 cm³/mol. The Morgan fingerprint density at radius 3 is 2.17 bits per heavy atom. The summed E-state index contributed by atoms with van der Waals surface area (Å²) in [7, 11) is -2.28. The molecule has 24 heavy (non-hydrogen) atoms. The van der Waals surface area contributed by atoms with Crippen LogP contribution in [-0.4, -0.2) is 26.3 Å². The molecule has 5 nitrogen and oxygen atoms in total. The quantitative estimate of drug-likeness (QED) is 0.916. The van der Waals surface area contributed by atoms with Gasteiger partial charge in [-0.3, -0.25) is 4.79 Å². The van der Waals surface area contributed by atoms with Crippen molar-refractivity contribution in [3.05, 3.63) is 65.2 Å². The van der Waals surface area contributed by atoms with Crippen LogP contribution in [0.5, 0.6) is 0 Å². The average Bonchev–Trinajstić information content (AvgIpc) is 2.54. The third-order valence-corrected chi connectivity index (χ3v) is 4.69. The Kier molecular flexibility index (Phi) is 5.00. The van der Waals surface area contributed by atoms with Crippen molar-refractivity contribution < 1.29 is 22.0 Å². The van der Waals surface area contributed by atoms with Crippen molar-refractivity contribution in [1.29, 1.82) is 0 Å². The minimum absolute atomic E-state index is 0.0180. The molecule has 0 bridgehead atoms. The molecule has 0 saturated heterocycles. The lowest BCUT2D eigenvalue weighted by atomic mass is 10.1. The molecule has 1 amide bonds. The number of amides is 1. The van der Waals surface area contributed by atoms with Gasteiger partial charge in [0.15, 0.2) is 11.6 Å². The standard InChI is InChI=1S/C16H16F2N2O3S/c1-10(11-3-6-13(7-4-11)24(19,22)23)20(2)16(21)12-5-8-14(17)15(18)9-12/h3-10H,1-2H3,(H2,19,22,23). The maximum absolute atomic E-state index is 13.3. The summed E-state index contributed by atoms with van der Waals surface area (Å²) in [4.78, 5) is 13.7. The molecule has 0 fully saturated rings. The largest absolute Gasteiger partial charge is 0.335 e. The topological polar surface area (TPSA) is 80.5 Å². The van der Waals surface area contributed by atoms with Crippen LogP contribution in [0.3, 0.4) is 0 Å². The minimum Gasteiger partial charge on any atom is -0.335 e. The van der Waals surface area contributed by atoms with Crippen LogP contribution in [0.2, 0.25) is 0 Å². The smallest absolute Gasteiger partial charge is 0.254 e. The van der Waals surface area contributed by atoms with Gasteiger partial charge < -0.3 is 4.90 Å². The fourth-order valence-corrected chi connectivity index (χ4v) is 2.68. The van der Waals surface area contributed by atoms with Gasteiger partial charge in [0.2, 0.25) is 10.0 Å². The molecule has 0 heterocycles. The van der Waals surface area contributed by atoms with E-state index in [4.69, 9.17) is 5.14 Å². The van der Waals surface area contributed by atoms with Crippen molar-refractivity contribution in [2.45, 2.75) is 17.9 Å². The molecular weight excluding hydrogens is 338 g/mol. The fraction of sp³-hybridized carbons (Fsp3) is 0.188. The molecule has 0 aromatic heterocycles. The summed E-state index contributed by atoms with van der Waals surface area (Å²) in [5.74, 6) is -2.61. The maximum atomic E-state index is 13.3. The maximum Gasteiger partial charge on any atom is 0.254 e. The zero-order valence-electron chi connectivity index (χ0n) is 13.0. The Morgan fingerprint density at radius 1 is 1.08 bits per heavy atom. The van der Waals surface area contributed by atoms with Crippen molar-refractivity contribution in [2.24, 2.45) is 5.14 Å². The molecule has 0 aliphatic heterocycles. The Balaban J connectivity index is 2.23. The number of rotatable bonds is 4. The number of hydrogen-bond acceptors (Lipinski definition) is 3. The minimum atomic E-state index is -3.79. The second kappa shape index (κ2) is 6.66. The number of carbonyl (C=O) groups is 1. The van der Waals surface area contributed by atoms with E-state index in [1.54, 1.807) is 19.1 Å². The van der Waals surface area contributed by atoms with Gasteiger partial charge in [-0.1, -0.05) is 12.1 Å². The van der Waals surface area contributed by atoms with Gasteiger partial charge in [0.05, 0.1) is 10.9 Å². The van der Waals surface area contributed by atoms with Gasteiger partial charge in [-0.15, -0.1) is 0 Å². The normalized spacial score (nSPS) is 12.7. The summed E-state index contributed by atoms with van der Waals surface area (Å²) < 4.78 is 48.7. The van der Waals surface area contributed by atoms with E-state index in [0.29, 0.717) is 5.56 Å². The van der Waals surface area contributed by atoms with Crippen molar-refractivity contribution >= 4 is 15.9 Å². The lowest BCUT2D eigenvalue weighted by Crippen LogP contribution is -2.29. The van der Waals surface area contributed by atoms with Crippen molar-refractivity contribution in [2.75, 3.05) is 7.05 Å². The van der Waals surface area contributed by atoms with Crippen LogP contribution < -0.4 is 5.14 Å². The average molecular weight is 354 g/mol. The Bertz CT molecular complexity index is 867. The summed E-state index contributed by atoms with van der Waals surface area (Å²) in [6, 6.07) is 8.29. The second-order valence-electron chi connectivity index (χ2n) is 5.33. The molecule has 0 aliphatic carbocycles. The van der Waals surface area contributed by atoms with Gasteiger partial charge in [0.1, 0.15) is 0 Å². The van der Waals surface area contributed by atoms with Crippen LogP contribution in [-0.2, 0) is 10.0 Å². The Morgan fingerprint density at radius 2 is 1.67 bits per heavy atom. The molecule has 128 valence electrons. The zero-order chi connectivity index (χ0) is 18.1. The molecule has 1 unspecified atom stereocenters. The molecule has 1 atom stereocenters. The Hall–Kier alpha value is -2.32. The molecule has 0 saturated carbocycles. The van der Waals surface area contributed by atoms with E-state index in [-0.39, 0.29) is 10.5 Å². The van der Waals surface area contributed by atoms with E-state index in [1.807, 2.05) is 0 Å². The second-order valence-corrected chi connectivity index (χ2v) is 6.90. The number of hydrogen-bond donors (Lipinski definition) is 1. The van der Waals surface area contributed by atoms with Crippen LogP contribution in [0.4, 0.5) is 8.78 Å². The number of nitrogens with two attached hydrogens (primary N) is 1. The van der Waals surface area contributed by atoms with Crippen molar-refractivity contribution in [3.63, 3.8) is 0 Å². The highest BCUT2D eigenvalue weighted by Crippen LogP contribution is 2.22. The number of sulfonamides is 1. The number of carbonyl (C=O) groups excluding carboxylic acids is 1. The van der Waals surface area contributed by atoms with E-state index < -0.39 is 33.6 Å². The van der Waals surface area contributed by atoms with Gasteiger partial charge in [-0.2, -0.15) is 0 Å². The predicted octanol–water partition coefficient (Wildman–Crippen LogP) is 2.45. The van der Waals surface area contributed by atoms with Crippen LogP contribution in [0.15, 0.2) is 47.4 Å². The summed E-state index contributed by atoms with van der Waals surface area (Å²) in [5.41, 5.74) is 0.685. The molecule has 0 spiro atoms. The third kappa shape index (κ3) is 3.77. The van der Waals surface area contributed by atoms with Crippen LogP contribution in [0.1, 0.15) is 28.9 Å². The lowest BCUT2D eigenvalue weighted by Gasteiger charge is -2.25. The molecular formula is C16H16F2N2O3S. The highest BCUT2D eigenvalue weighted by Gasteiger charge is 2.20. The van der Waals surface area contributed by atoms with Gasteiger partial charge in [0.25, 0.3) is 5.91 Å². The summed E-state index contributed by atoms with van der Waals surface area (Å²) in [6.07, 6.45) is 0. The van der Waals surface area contributed by atoms with Crippen molar-refractivity contribution in [3.8, 4) is 0 Å². The molecule has 2 aromatic rings. The van der Waals surface area contributed by atoms with E-state index >= 15 is 0 Å². The molecule has 0 aliphatic rings. The van der Waals surface area contributed by atoms with E-state index in [1.165, 1.54) is 30.1 Å². The fourth-order valence-electron chi connectivity index (χ4n) is 2.17. The van der Waals surface area contributed by atoms with Gasteiger partial charge >= 0.3 is 0 Å². The molecule has 2 rings (SSSR count). The van der Waals surface area contributed by atoms with Crippen LogP contribution in [0.25, 0.3) is 0 Å². The van der Waals surface area contributed by atoms with Gasteiger partial charge in [0, 0.05) is 12.6 Å². The lowest BCUT2D eigenvalue weighted by molar-refractivity contribution is 0.0742. The number of halogens is 2. The van der Waals surface area contributed by atoms with Crippen LogP contribution in [0, 0.1) is 11.6 Å². The SMILES string of the molecule is CC(c1ccc(S(N)(=O)=O)cc1)N(C)C(=O)c1ccc(F)c(F)c1. The summed E-state index contributed by atoms with van der Waals surface area (Å²) in [5, 5.41) is 5.03. The third-order valence-electron chi connectivity index (χ3n) is 3.76. The molecule has 8 heteroatoms. The van der Waals surface area contributed by atoms with E-state index in [0.717, 1.165) is 12.1 Å². The highest BCUT2D eigenvalue weighted by molar-refractivity contribution is 7.89.